The summed E-state index contributed by atoms with van der Waals surface area (Å²) in [6.07, 6.45) is 1.89. The standard InChI is InChI=1S/C26H35ClN4O4/c1-25(2,3)22-15-21(28-29-22)24(33)31-9-5-8-26(17-31,16-23(32)30-10-12-34-13-11-30)18-35-20-7-4-6-19(27)14-20/h4,6-7,14-15H,5,8-13,16-18H2,1-3H3,(H,28,29)/t26-/m0/s1. The first-order valence-electron chi connectivity index (χ1n) is 12.2. The second-order valence-corrected chi connectivity index (χ2v) is 11.1. The van der Waals surface area contributed by atoms with Crippen LogP contribution in [0.2, 0.25) is 5.02 Å². The van der Waals surface area contributed by atoms with Crippen molar-refractivity contribution in [3.05, 3.63) is 46.7 Å². The van der Waals surface area contributed by atoms with Gasteiger partial charge in [0.15, 0.2) is 0 Å². The number of aromatic nitrogens is 2. The minimum Gasteiger partial charge on any atom is -0.493 e. The first kappa shape index (κ1) is 25.5. The molecule has 1 atom stereocenters. The molecule has 0 bridgehead atoms. The van der Waals surface area contributed by atoms with E-state index in [0.29, 0.717) is 68.9 Å². The van der Waals surface area contributed by atoms with Crippen LogP contribution in [0.4, 0.5) is 0 Å². The van der Waals surface area contributed by atoms with E-state index in [4.69, 9.17) is 21.1 Å². The Hall–Kier alpha value is -2.58. The van der Waals surface area contributed by atoms with E-state index < -0.39 is 5.41 Å². The minimum absolute atomic E-state index is 0.0760. The highest BCUT2D eigenvalue weighted by molar-refractivity contribution is 6.30. The Morgan fingerprint density at radius 2 is 1.94 bits per heavy atom. The molecule has 4 rings (SSSR count). The van der Waals surface area contributed by atoms with E-state index in [-0.39, 0.29) is 17.2 Å². The summed E-state index contributed by atoms with van der Waals surface area (Å²) in [5, 5.41) is 7.89. The second kappa shape index (κ2) is 10.6. The average Bonchev–Trinajstić information content (AvgIpc) is 3.34. The smallest absolute Gasteiger partial charge is 0.274 e. The molecule has 0 saturated carbocycles. The van der Waals surface area contributed by atoms with Gasteiger partial charge in [-0.05, 0) is 37.1 Å². The molecule has 0 spiro atoms. The zero-order valence-electron chi connectivity index (χ0n) is 20.8. The van der Waals surface area contributed by atoms with Gasteiger partial charge in [0.1, 0.15) is 11.4 Å². The zero-order chi connectivity index (χ0) is 25.1. The van der Waals surface area contributed by atoms with Crippen molar-refractivity contribution in [2.45, 2.75) is 45.4 Å². The number of nitrogens with one attached hydrogen (secondary N) is 1. The molecular formula is C26H35ClN4O4. The van der Waals surface area contributed by atoms with Gasteiger partial charge in [0.05, 0.1) is 19.8 Å². The van der Waals surface area contributed by atoms with Gasteiger partial charge < -0.3 is 19.3 Å². The Labute approximate surface area is 211 Å². The number of hydrogen-bond acceptors (Lipinski definition) is 5. The number of carbonyl (C=O) groups is 2. The van der Waals surface area contributed by atoms with Crippen LogP contribution in [0.1, 0.15) is 56.2 Å². The highest BCUT2D eigenvalue weighted by Gasteiger charge is 2.41. The predicted octanol–water partition coefficient (Wildman–Crippen LogP) is 3.91. The lowest BCUT2D eigenvalue weighted by Gasteiger charge is -2.43. The van der Waals surface area contributed by atoms with E-state index in [1.165, 1.54) is 0 Å². The molecule has 0 aliphatic carbocycles. The molecule has 1 aromatic heterocycles. The largest absolute Gasteiger partial charge is 0.493 e. The number of halogens is 1. The number of nitrogens with zero attached hydrogens (tertiary/aromatic N) is 3. The van der Waals surface area contributed by atoms with Gasteiger partial charge in [-0.1, -0.05) is 38.4 Å². The molecule has 3 heterocycles. The van der Waals surface area contributed by atoms with Crippen molar-refractivity contribution < 1.29 is 19.1 Å². The molecule has 0 unspecified atom stereocenters. The van der Waals surface area contributed by atoms with E-state index in [2.05, 4.69) is 31.0 Å². The number of piperidine rings is 1. The number of likely N-dealkylation sites (tertiary alicyclic amines) is 1. The Morgan fingerprint density at radius 1 is 1.17 bits per heavy atom. The minimum atomic E-state index is -0.505. The van der Waals surface area contributed by atoms with Crippen LogP contribution >= 0.6 is 11.6 Å². The molecule has 1 aromatic carbocycles. The molecule has 35 heavy (non-hydrogen) atoms. The average molecular weight is 503 g/mol. The van der Waals surface area contributed by atoms with Crippen LogP contribution in [-0.4, -0.2) is 77.8 Å². The molecule has 0 radical (unpaired) electrons. The zero-order valence-corrected chi connectivity index (χ0v) is 21.6. The molecule has 2 amide bonds. The van der Waals surface area contributed by atoms with Crippen LogP contribution in [-0.2, 0) is 14.9 Å². The van der Waals surface area contributed by atoms with Crippen molar-refractivity contribution in [3.8, 4) is 5.75 Å². The third-order valence-corrected chi connectivity index (χ3v) is 7.02. The predicted molar refractivity (Wildman–Crippen MR) is 134 cm³/mol. The van der Waals surface area contributed by atoms with E-state index in [0.717, 1.165) is 18.5 Å². The van der Waals surface area contributed by atoms with E-state index in [1.54, 1.807) is 12.1 Å². The van der Waals surface area contributed by atoms with Gasteiger partial charge in [0.25, 0.3) is 5.91 Å². The number of ether oxygens (including phenoxy) is 2. The first-order valence-corrected chi connectivity index (χ1v) is 12.6. The third-order valence-electron chi connectivity index (χ3n) is 6.78. The van der Waals surface area contributed by atoms with Gasteiger partial charge in [0, 0.05) is 54.1 Å². The summed E-state index contributed by atoms with van der Waals surface area (Å²) in [5.41, 5.74) is 0.679. The quantitative estimate of drug-likeness (QED) is 0.647. The van der Waals surface area contributed by atoms with Crippen LogP contribution in [0.3, 0.4) is 0 Å². The van der Waals surface area contributed by atoms with E-state index in [1.807, 2.05) is 28.0 Å². The Morgan fingerprint density at radius 3 is 2.63 bits per heavy atom. The van der Waals surface area contributed by atoms with Gasteiger partial charge >= 0.3 is 0 Å². The molecule has 2 saturated heterocycles. The van der Waals surface area contributed by atoms with Gasteiger partial charge in [-0.3, -0.25) is 14.7 Å². The molecule has 1 N–H and O–H groups in total. The first-order chi connectivity index (χ1) is 16.7. The van der Waals surface area contributed by atoms with Crippen LogP contribution in [0.15, 0.2) is 30.3 Å². The number of morpholine rings is 1. The lowest BCUT2D eigenvalue weighted by molar-refractivity contribution is -0.139. The number of H-pyrrole nitrogens is 1. The molecule has 190 valence electrons. The highest BCUT2D eigenvalue weighted by Crippen LogP contribution is 2.36. The normalized spacial score (nSPS) is 21.1. The van der Waals surface area contributed by atoms with E-state index >= 15 is 0 Å². The van der Waals surface area contributed by atoms with Gasteiger partial charge in [0.2, 0.25) is 5.91 Å². The summed E-state index contributed by atoms with van der Waals surface area (Å²) in [5.74, 6) is 0.607. The molecule has 2 aliphatic rings. The topological polar surface area (TPSA) is 87.8 Å². The van der Waals surface area contributed by atoms with Crippen LogP contribution in [0.5, 0.6) is 5.75 Å². The fraction of sp³-hybridized carbons (Fsp3) is 0.577. The summed E-state index contributed by atoms with van der Waals surface area (Å²) in [7, 11) is 0. The molecule has 2 aliphatic heterocycles. The van der Waals surface area contributed by atoms with Crippen LogP contribution in [0.25, 0.3) is 0 Å². The SMILES string of the molecule is CC(C)(C)c1cc(C(=O)N2CCC[C@](COc3cccc(Cl)c3)(CC(=O)N3CCOCC3)C2)n[nH]1. The summed E-state index contributed by atoms with van der Waals surface area (Å²) < 4.78 is 11.6. The number of rotatable bonds is 6. The lowest BCUT2D eigenvalue weighted by atomic mass is 9.77. The molecule has 2 aromatic rings. The maximum atomic E-state index is 13.4. The van der Waals surface area contributed by atoms with Crippen LogP contribution in [0, 0.1) is 5.41 Å². The molecular weight excluding hydrogens is 468 g/mol. The Balaban J connectivity index is 1.53. The van der Waals surface area contributed by atoms with Crippen molar-refractivity contribution in [1.29, 1.82) is 0 Å². The van der Waals surface area contributed by atoms with Gasteiger partial charge in [-0.15, -0.1) is 0 Å². The number of aromatic amines is 1. The Bertz CT molecular complexity index is 1040. The van der Waals surface area contributed by atoms with Crippen LogP contribution < -0.4 is 4.74 Å². The summed E-state index contributed by atoms with van der Waals surface area (Å²) >= 11 is 6.14. The van der Waals surface area contributed by atoms with E-state index in [9.17, 15) is 9.59 Å². The number of benzene rings is 1. The maximum absolute atomic E-state index is 13.4. The highest BCUT2D eigenvalue weighted by atomic mass is 35.5. The van der Waals surface area contributed by atoms with Crippen molar-refractivity contribution in [2.75, 3.05) is 46.0 Å². The number of hydrogen-bond donors (Lipinski definition) is 1. The third kappa shape index (κ3) is 6.35. The maximum Gasteiger partial charge on any atom is 0.274 e. The monoisotopic (exact) mass is 502 g/mol. The summed E-state index contributed by atoms with van der Waals surface area (Å²) in [6, 6.07) is 9.09. The number of amides is 2. The lowest BCUT2D eigenvalue weighted by Crippen LogP contribution is -2.52. The Kier molecular flexibility index (Phi) is 7.71. The molecule has 2 fully saturated rings. The fourth-order valence-corrected chi connectivity index (χ4v) is 4.89. The fourth-order valence-electron chi connectivity index (χ4n) is 4.71. The van der Waals surface area contributed by atoms with Crippen molar-refractivity contribution in [1.82, 2.24) is 20.0 Å². The van der Waals surface area contributed by atoms with Gasteiger partial charge in [-0.25, -0.2) is 0 Å². The molecule has 9 heteroatoms. The number of carbonyl (C=O) groups excluding carboxylic acids is 2. The van der Waals surface area contributed by atoms with Crippen molar-refractivity contribution in [3.63, 3.8) is 0 Å². The van der Waals surface area contributed by atoms with Crippen molar-refractivity contribution in [2.24, 2.45) is 5.41 Å². The summed E-state index contributed by atoms with van der Waals surface area (Å²) in [6.45, 7) is 9.89. The van der Waals surface area contributed by atoms with Crippen molar-refractivity contribution >= 4 is 23.4 Å². The molecule has 8 nitrogen and oxygen atoms in total. The second-order valence-electron chi connectivity index (χ2n) is 10.7. The van der Waals surface area contributed by atoms with Gasteiger partial charge in [-0.2, -0.15) is 5.10 Å². The summed E-state index contributed by atoms with van der Waals surface area (Å²) in [4.78, 5) is 30.4.